The maximum Gasteiger partial charge on any atom is 0.236 e. The largest absolute Gasteiger partial charge is 0.334 e. The number of halogens is 1. The van der Waals surface area contributed by atoms with Crippen LogP contribution in [0.15, 0.2) is 24.3 Å². The van der Waals surface area contributed by atoms with Crippen LogP contribution in [0.5, 0.6) is 0 Å². The van der Waals surface area contributed by atoms with Gasteiger partial charge in [0, 0.05) is 17.6 Å². The van der Waals surface area contributed by atoms with E-state index in [0.29, 0.717) is 12.6 Å². The predicted octanol–water partition coefficient (Wildman–Crippen LogP) is 2.57. The summed E-state index contributed by atoms with van der Waals surface area (Å²) in [5, 5.41) is 0.719. The number of benzene rings is 1. The fourth-order valence-electron chi connectivity index (χ4n) is 2.54. The Bertz CT molecular complexity index is 399. The molecule has 0 bridgehead atoms. The molecule has 0 aliphatic heterocycles. The number of nitrogens with zero attached hydrogens (tertiary/aromatic N) is 1. The Morgan fingerprint density at radius 2 is 1.89 bits per heavy atom. The molecule has 4 heteroatoms. The highest BCUT2D eigenvalue weighted by Gasteiger charge is 2.25. The van der Waals surface area contributed by atoms with Crippen molar-refractivity contribution in [1.29, 1.82) is 0 Å². The Labute approximate surface area is 113 Å². The van der Waals surface area contributed by atoms with Gasteiger partial charge >= 0.3 is 0 Å². The van der Waals surface area contributed by atoms with E-state index in [4.69, 9.17) is 17.3 Å². The quantitative estimate of drug-likeness (QED) is 0.910. The van der Waals surface area contributed by atoms with Crippen LogP contribution in [0, 0.1) is 0 Å². The molecule has 1 aromatic carbocycles. The summed E-state index contributed by atoms with van der Waals surface area (Å²) in [6.45, 7) is 0.724. The molecular weight excluding hydrogens is 248 g/mol. The first-order chi connectivity index (χ1) is 8.70. The van der Waals surface area contributed by atoms with Gasteiger partial charge in [0.2, 0.25) is 5.91 Å². The van der Waals surface area contributed by atoms with Crippen LogP contribution in [-0.4, -0.2) is 23.4 Å². The first-order valence-corrected chi connectivity index (χ1v) is 6.82. The van der Waals surface area contributed by atoms with E-state index in [9.17, 15) is 4.79 Å². The third-order valence-corrected chi connectivity index (χ3v) is 3.78. The van der Waals surface area contributed by atoms with E-state index in [1.807, 2.05) is 29.2 Å². The van der Waals surface area contributed by atoms with Crippen molar-refractivity contribution in [3.8, 4) is 0 Å². The van der Waals surface area contributed by atoms with Crippen molar-refractivity contribution in [2.75, 3.05) is 6.54 Å². The average molecular weight is 267 g/mol. The second-order valence-corrected chi connectivity index (χ2v) is 5.23. The molecule has 1 fully saturated rings. The summed E-state index contributed by atoms with van der Waals surface area (Å²) in [5.41, 5.74) is 6.61. The monoisotopic (exact) mass is 266 g/mol. The number of hydrogen-bond donors (Lipinski definition) is 1. The fourth-order valence-corrected chi connectivity index (χ4v) is 2.67. The van der Waals surface area contributed by atoms with Gasteiger partial charge in [-0.1, -0.05) is 36.6 Å². The highest BCUT2D eigenvalue weighted by Crippen LogP contribution is 2.25. The van der Waals surface area contributed by atoms with Crippen molar-refractivity contribution in [1.82, 2.24) is 4.90 Å². The second-order valence-electron chi connectivity index (χ2n) is 4.79. The van der Waals surface area contributed by atoms with Crippen molar-refractivity contribution in [3.63, 3.8) is 0 Å². The van der Waals surface area contributed by atoms with E-state index in [2.05, 4.69) is 0 Å². The van der Waals surface area contributed by atoms with E-state index in [1.54, 1.807) is 0 Å². The molecule has 3 nitrogen and oxygen atoms in total. The average Bonchev–Trinajstić information content (AvgIpc) is 2.91. The number of nitrogens with two attached hydrogens (primary N) is 1. The molecule has 0 aromatic heterocycles. The van der Waals surface area contributed by atoms with Gasteiger partial charge in [-0.15, -0.1) is 0 Å². The van der Waals surface area contributed by atoms with Gasteiger partial charge in [0.1, 0.15) is 0 Å². The highest BCUT2D eigenvalue weighted by atomic mass is 35.5. The normalized spacial score (nSPS) is 15.9. The van der Waals surface area contributed by atoms with Gasteiger partial charge in [-0.05, 0) is 30.5 Å². The molecule has 1 aromatic rings. The van der Waals surface area contributed by atoms with Gasteiger partial charge in [0.05, 0.1) is 6.54 Å². The fraction of sp³-hybridized carbons (Fsp3) is 0.500. The maximum atomic E-state index is 11.9. The van der Waals surface area contributed by atoms with Crippen molar-refractivity contribution >= 4 is 17.5 Å². The smallest absolute Gasteiger partial charge is 0.236 e. The van der Waals surface area contributed by atoms with Gasteiger partial charge in [0.25, 0.3) is 0 Å². The van der Waals surface area contributed by atoms with Crippen LogP contribution in [0.25, 0.3) is 0 Å². The first kappa shape index (κ1) is 13.4. The van der Waals surface area contributed by atoms with Gasteiger partial charge in [-0.3, -0.25) is 4.79 Å². The zero-order valence-electron chi connectivity index (χ0n) is 10.4. The minimum absolute atomic E-state index is 0.0388. The Morgan fingerprint density at radius 3 is 2.44 bits per heavy atom. The van der Waals surface area contributed by atoms with E-state index in [1.165, 1.54) is 12.8 Å². The SMILES string of the molecule is NCC(=O)N(Cc1ccc(Cl)cc1)C1CCCC1. The number of amides is 1. The molecule has 1 saturated carbocycles. The number of hydrogen-bond acceptors (Lipinski definition) is 2. The lowest BCUT2D eigenvalue weighted by Gasteiger charge is -2.28. The van der Waals surface area contributed by atoms with Gasteiger partial charge in [-0.25, -0.2) is 0 Å². The molecular formula is C14H19ClN2O. The minimum atomic E-state index is 0.0388. The zero-order valence-corrected chi connectivity index (χ0v) is 11.2. The first-order valence-electron chi connectivity index (χ1n) is 6.44. The molecule has 0 heterocycles. The molecule has 18 heavy (non-hydrogen) atoms. The summed E-state index contributed by atoms with van der Waals surface area (Å²) in [4.78, 5) is 13.9. The Hall–Kier alpha value is -1.06. The highest BCUT2D eigenvalue weighted by molar-refractivity contribution is 6.30. The maximum absolute atomic E-state index is 11.9. The van der Waals surface area contributed by atoms with Crippen LogP contribution in [0.1, 0.15) is 31.2 Å². The number of rotatable bonds is 4. The molecule has 0 atom stereocenters. The molecule has 0 spiro atoms. The molecule has 2 rings (SSSR count). The zero-order chi connectivity index (χ0) is 13.0. The third-order valence-electron chi connectivity index (χ3n) is 3.53. The molecule has 1 aliphatic carbocycles. The van der Waals surface area contributed by atoms with E-state index < -0.39 is 0 Å². The Morgan fingerprint density at radius 1 is 1.28 bits per heavy atom. The van der Waals surface area contributed by atoms with E-state index >= 15 is 0 Å². The molecule has 0 radical (unpaired) electrons. The number of carbonyl (C=O) groups excluding carboxylic acids is 1. The van der Waals surface area contributed by atoms with Crippen LogP contribution in [0.3, 0.4) is 0 Å². The van der Waals surface area contributed by atoms with Gasteiger partial charge < -0.3 is 10.6 Å². The molecule has 98 valence electrons. The summed E-state index contributed by atoms with van der Waals surface area (Å²) >= 11 is 5.86. The molecule has 1 aliphatic rings. The van der Waals surface area contributed by atoms with Crippen LogP contribution in [-0.2, 0) is 11.3 Å². The predicted molar refractivity (Wildman–Crippen MR) is 73.3 cm³/mol. The van der Waals surface area contributed by atoms with E-state index in [0.717, 1.165) is 23.4 Å². The summed E-state index contributed by atoms with van der Waals surface area (Å²) in [6.07, 6.45) is 4.61. The lowest BCUT2D eigenvalue weighted by Crippen LogP contribution is -2.41. The van der Waals surface area contributed by atoms with Crippen molar-refractivity contribution in [3.05, 3.63) is 34.9 Å². The van der Waals surface area contributed by atoms with Crippen molar-refractivity contribution in [2.45, 2.75) is 38.3 Å². The van der Waals surface area contributed by atoms with Gasteiger partial charge in [0.15, 0.2) is 0 Å². The third kappa shape index (κ3) is 3.24. The lowest BCUT2D eigenvalue weighted by molar-refractivity contribution is -0.132. The Kier molecular flexibility index (Phi) is 4.61. The molecule has 0 unspecified atom stereocenters. The van der Waals surface area contributed by atoms with Crippen LogP contribution >= 0.6 is 11.6 Å². The molecule has 1 amide bonds. The molecule has 2 N–H and O–H groups in total. The van der Waals surface area contributed by atoms with Gasteiger partial charge in [-0.2, -0.15) is 0 Å². The van der Waals surface area contributed by atoms with Crippen LogP contribution < -0.4 is 5.73 Å². The number of carbonyl (C=O) groups is 1. The Balaban J connectivity index is 2.09. The van der Waals surface area contributed by atoms with Crippen molar-refractivity contribution < 1.29 is 4.79 Å². The van der Waals surface area contributed by atoms with Crippen LogP contribution in [0.4, 0.5) is 0 Å². The van der Waals surface area contributed by atoms with Crippen molar-refractivity contribution in [2.24, 2.45) is 5.73 Å². The molecule has 0 saturated heterocycles. The summed E-state index contributed by atoms with van der Waals surface area (Å²) in [5.74, 6) is 0.0388. The van der Waals surface area contributed by atoms with E-state index in [-0.39, 0.29) is 12.5 Å². The second kappa shape index (κ2) is 6.21. The summed E-state index contributed by atoms with van der Waals surface area (Å²) in [7, 11) is 0. The minimum Gasteiger partial charge on any atom is -0.334 e. The standard InChI is InChI=1S/C14H19ClN2O/c15-12-7-5-11(6-8-12)10-17(14(18)9-16)13-3-1-2-4-13/h5-8,13H,1-4,9-10,16H2. The topological polar surface area (TPSA) is 46.3 Å². The lowest BCUT2D eigenvalue weighted by atomic mass is 10.1. The summed E-state index contributed by atoms with van der Waals surface area (Å²) in [6, 6.07) is 8.01. The summed E-state index contributed by atoms with van der Waals surface area (Å²) < 4.78 is 0. The van der Waals surface area contributed by atoms with Crippen LogP contribution in [0.2, 0.25) is 5.02 Å².